The van der Waals surface area contributed by atoms with E-state index in [0.717, 1.165) is 4.90 Å². The first-order valence-corrected chi connectivity index (χ1v) is 11.0. The fourth-order valence-corrected chi connectivity index (χ4v) is 5.77. The van der Waals surface area contributed by atoms with Crippen LogP contribution in [0.1, 0.15) is 12.8 Å². The molecule has 0 radical (unpaired) electrons. The summed E-state index contributed by atoms with van der Waals surface area (Å²) in [5, 5.41) is 19.0. The molecule has 8 nitrogen and oxygen atoms in total. The van der Waals surface area contributed by atoms with E-state index in [4.69, 9.17) is 9.05 Å². The first kappa shape index (κ1) is 20.2. The molecular formula is C21H20NO7P. The van der Waals surface area contributed by atoms with Gasteiger partial charge >= 0.3 is 13.6 Å². The number of benzene rings is 2. The van der Waals surface area contributed by atoms with Gasteiger partial charge in [-0.25, -0.2) is 9.36 Å². The van der Waals surface area contributed by atoms with Gasteiger partial charge in [-0.15, -0.1) is 0 Å². The molecule has 1 fully saturated rings. The van der Waals surface area contributed by atoms with E-state index in [9.17, 15) is 24.4 Å². The molecule has 2 aliphatic heterocycles. The lowest BCUT2D eigenvalue weighted by Crippen LogP contribution is -2.58. The number of carbonyl (C=O) groups is 2. The molecule has 1 saturated heterocycles. The minimum atomic E-state index is -4.19. The smallest absolute Gasteiger partial charge is 0.461 e. The lowest BCUT2D eigenvalue weighted by Gasteiger charge is -2.43. The van der Waals surface area contributed by atoms with E-state index in [0.29, 0.717) is 0 Å². The molecule has 2 aromatic carbocycles. The summed E-state index contributed by atoms with van der Waals surface area (Å²) in [4.78, 5) is 25.6. The predicted molar refractivity (Wildman–Crippen MR) is 107 cm³/mol. The molecule has 156 valence electrons. The Morgan fingerprint density at radius 2 is 1.57 bits per heavy atom. The summed E-state index contributed by atoms with van der Waals surface area (Å²) in [7, 11) is -4.19. The first-order chi connectivity index (χ1) is 14.4. The summed E-state index contributed by atoms with van der Waals surface area (Å²) in [5.74, 6) is -1.81. The lowest BCUT2D eigenvalue weighted by molar-refractivity contribution is -0.155. The molecular weight excluding hydrogens is 409 g/mol. The van der Waals surface area contributed by atoms with Crippen molar-refractivity contribution in [3.05, 3.63) is 71.7 Å². The number of fused-ring (bicyclic) bond motifs is 1. The van der Waals surface area contributed by atoms with Crippen molar-refractivity contribution in [2.45, 2.75) is 18.9 Å². The Morgan fingerprint density at radius 3 is 2.03 bits per heavy atom. The number of aliphatic hydroxyl groups excluding tert-OH is 1. The van der Waals surface area contributed by atoms with Crippen LogP contribution in [0.5, 0.6) is 11.5 Å². The molecule has 0 aliphatic carbocycles. The Hall–Kier alpha value is -3.09. The Balaban J connectivity index is 1.77. The number of hydrogen-bond donors (Lipinski definition) is 2. The van der Waals surface area contributed by atoms with Crippen LogP contribution in [-0.4, -0.2) is 39.6 Å². The van der Waals surface area contributed by atoms with Gasteiger partial charge in [-0.05, 0) is 30.7 Å². The fourth-order valence-electron chi connectivity index (χ4n) is 3.84. The molecule has 2 N–H and O–H groups in total. The Labute approximate surface area is 172 Å². The van der Waals surface area contributed by atoms with Crippen LogP contribution >= 0.6 is 7.60 Å². The molecule has 30 heavy (non-hydrogen) atoms. The largest absolute Gasteiger partial charge is 0.477 e. The number of carboxylic acid groups (broad SMARTS) is 1. The summed E-state index contributed by atoms with van der Waals surface area (Å²) in [5.41, 5.74) is -0.366. The van der Waals surface area contributed by atoms with Gasteiger partial charge in [0.05, 0.1) is 17.3 Å². The van der Waals surface area contributed by atoms with Crippen molar-refractivity contribution in [2.75, 3.05) is 6.61 Å². The van der Waals surface area contributed by atoms with Gasteiger partial charge in [0.2, 0.25) is 5.91 Å². The Bertz CT molecular complexity index is 992. The molecule has 4 rings (SSSR count). The van der Waals surface area contributed by atoms with Crippen molar-refractivity contribution in [1.82, 2.24) is 4.90 Å². The van der Waals surface area contributed by atoms with Gasteiger partial charge in [-0.2, -0.15) is 0 Å². The van der Waals surface area contributed by atoms with E-state index in [-0.39, 0.29) is 42.0 Å². The number of para-hydroxylation sites is 2. The lowest BCUT2D eigenvalue weighted by atomic mass is 9.85. The van der Waals surface area contributed by atoms with E-state index in [2.05, 4.69) is 0 Å². The van der Waals surface area contributed by atoms with Gasteiger partial charge in [0.1, 0.15) is 17.2 Å². The third-order valence-corrected chi connectivity index (χ3v) is 7.14. The number of aliphatic carboxylic acids is 1. The van der Waals surface area contributed by atoms with Crippen LogP contribution in [0, 0.1) is 5.92 Å². The SMILES string of the molecule is O=C(O)C1=C(P(=O)(Oc2ccccc2)Oc2ccccc2)CC2C(CCO)C(=O)N12. The van der Waals surface area contributed by atoms with Crippen LogP contribution in [0.25, 0.3) is 0 Å². The third kappa shape index (κ3) is 3.49. The van der Waals surface area contributed by atoms with Crippen LogP contribution in [0.3, 0.4) is 0 Å². The molecule has 2 heterocycles. The molecule has 0 bridgehead atoms. The minimum absolute atomic E-state index is 0.0367. The van der Waals surface area contributed by atoms with E-state index in [1.54, 1.807) is 60.7 Å². The fraction of sp³-hybridized carbons (Fsp3) is 0.238. The number of aliphatic hydroxyl groups is 1. The molecule has 1 amide bonds. The number of nitrogens with zero attached hydrogens (tertiary/aromatic N) is 1. The monoisotopic (exact) mass is 429 g/mol. The molecule has 0 spiro atoms. The normalized spacial score (nSPS) is 20.6. The Morgan fingerprint density at radius 1 is 1.03 bits per heavy atom. The van der Waals surface area contributed by atoms with E-state index >= 15 is 0 Å². The second-order valence-electron chi connectivity index (χ2n) is 7.01. The average Bonchev–Trinajstić information content (AvgIpc) is 3.11. The summed E-state index contributed by atoms with van der Waals surface area (Å²) >= 11 is 0. The highest BCUT2D eigenvalue weighted by atomic mass is 31.2. The zero-order valence-electron chi connectivity index (χ0n) is 15.9. The number of carbonyl (C=O) groups excluding carboxylic acids is 1. The number of amides is 1. The van der Waals surface area contributed by atoms with Crippen LogP contribution in [0.2, 0.25) is 0 Å². The van der Waals surface area contributed by atoms with E-state index < -0.39 is 31.4 Å². The van der Waals surface area contributed by atoms with Gasteiger partial charge in [0.25, 0.3) is 0 Å². The van der Waals surface area contributed by atoms with Crippen LogP contribution in [-0.2, 0) is 14.2 Å². The molecule has 9 heteroatoms. The van der Waals surface area contributed by atoms with Gasteiger partial charge in [0, 0.05) is 13.0 Å². The van der Waals surface area contributed by atoms with Crippen molar-refractivity contribution < 1.29 is 33.4 Å². The van der Waals surface area contributed by atoms with Crippen molar-refractivity contribution in [2.24, 2.45) is 5.92 Å². The topological polar surface area (TPSA) is 113 Å². The van der Waals surface area contributed by atoms with Crippen LogP contribution < -0.4 is 9.05 Å². The maximum absolute atomic E-state index is 14.0. The maximum atomic E-state index is 14.0. The summed E-state index contributed by atoms with van der Waals surface area (Å²) in [6.07, 6.45) is 0.249. The second kappa shape index (κ2) is 7.97. The summed E-state index contributed by atoms with van der Waals surface area (Å²) < 4.78 is 25.5. The number of hydrogen-bond acceptors (Lipinski definition) is 6. The number of rotatable bonds is 8. The van der Waals surface area contributed by atoms with Gasteiger partial charge in [0.15, 0.2) is 0 Å². The molecule has 2 atom stereocenters. The highest BCUT2D eigenvalue weighted by molar-refractivity contribution is 7.59. The van der Waals surface area contributed by atoms with Crippen molar-refractivity contribution >= 4 is 19.5 Å². The third-order valence-electron chi connectivity index (χ3n) is 5.18. The van der Waals surface area contributed by atoms with Gasteiger partial charge in [-0.3, -0.25) is 4.79 Å². The van der Waals surface area contributed by atoms with Crippen molar-refractivity contribution in [1.29, 1.82) is 0 Å². The highest BCUT2D eigenvalue weighted by Crippen LogP contribution is 2.62. The molecule has 2 aliphatic rings. The standard InChI is InChI=1S/C21H20NO7P/c23-12-11-16-17-13-18(19(21(25)26)22(17)20(16)24)30(27,28-14-7-3-1-4-8-14)29-15-9-5-2-6-10-15/h1-10,16-17,23H,11-13H2,(H,25,26). The summed E-state index contributed by atoms with van der Waals surface area (Å²) in [6.45, 7) is -0.197. The van der Waals surface area contributed by atoms with E-state index in [1.807, 2.05) is 0 Å². The van der Waals surface area contributed by atoms with Crippen LogP contribution in [0.4, 0.5) is 0 Å². The van der Waals surface area contributed by atoms with Gasteiger partial charge in [-0.1, -0.05) is 36.4 Å². The molecule has 2 unspecified atom stereocenters. The molecule has 0 aromatic heterocycles. The summed E-state index contributed by atoms with van der Waals surface area (Å²) in [6, 6.07) is 16.2. The average molecular weight is 429 g/mol. The molecule has 2 aromatic rings. The number of β-lactam (4-membered cyclic amide) rings is 1. The number of carboxylic acids is 1. The molecule has 0 saturated carbocycles. The Kier molecular flexibility index (Phi) is 5.37. The van der Waals surface area contributed by atoms with Gasteiger partial charge < -0.3 is 24.2 Å². The quantitative estimate of drug-likeness (QED) is 0.489. The minimum Gasteiger partial charge on any atom is -0.477 e. The predicted octanol–water partition coefficient (Wildman–Crippen LogP) is 3.25. The zero-order chi connectivity index (χ0) is 21.3. The second-order valence-corrected chi connectivity index (χ2v) is 8.91. The highest BCUT2D eigenvalue weighted by Gasteiger charge is 2.59. The maximum Gasteiger partial charge on any atom is 0.461 e. The first-order valence-electron chi connectivity index (χ1n) is 9.45. The van der Waals surface area contributed by atoms with E-state index in [1.165, 1.54) is 0 Å². The zero-order valence-corrected chi connectivity index (χ0v) is 16.8. The van der Waals surface area contributed by atoms with Crippen molar-refractivity contribution in [3.63, 3.8) is 0 Å². The van der Waals surface area contributed by atoms with Crippen molar-refractivity contribution in [3.8, 4) is 11.5 Å². The van der Waals surface area contributed by atoms with Crippen LogP contribution in [0.15, 0.2) is 71.7 Å².